The van der Waals surface area contributed by atoms with Gasteiger partial charge in [0.2, 0.25) is 5.91 Å². The van der Waals surface area contributed by atoms with Crippen LogP contribution >= 0.6 is 0 Å². The van der Waals surface area contributed by atoms with Gasteiger partial charge in [-0.3, -0.25) is 9.59 Å². The summed E-state index contributed by atoms with van der Waals surface area (Å²) in [5.41, 5.74) is 0. The van der Waals surface area contributed by atoms with E-state index in [1.54, 1.807) is 0 Å². The summed E-state index contributed by atoms with van der Waals surface area (Å²) in [5.74, 6) is 0.187. The van der Waals surface area contributed by atoms with Crippen LogP contribution in [0.1, 0.15) is 59.8 Å². The standard InChI is InChI=1S/C17H31NO3/c1-12(2)7-9-18(10-8-13(3)4)16(19)14-5-6-15(11-14)17(20)21/h12-15H,5-11H2,1-4H3,(H,20,21). The third kappa shape index (κ3) is 6.06. The highest BCUT2D eigenvalue weighted by atomic mass is 16.4. The van der Waals surface area contributed by atoms with Crippen LogP contribution in [0.15, 0.2) is 0 Å². The molecule has 1 saturated carbocycles. The zero-order chi connectivity index (χ0) is 16.0. The van der Waals surface area contributed by atoms with Crippen molar-refractivity contribution in [3.63, 3.8) is 0 Å². The van der Waals surface area contributed by atoms with Gasteiger partial charge in [-0.1, -0.05) is 27.7 Å². The molecule has 0 spiro atoms. The molecule has 0 aromatic carbocycles. The van der Waals surface area contributed by atoms with E-state index in [1.165, 1.54) is 0 Å². The third-order valence-corrected chi connectivity index (χ3v) is 4.40. The normalized spacial score (nSPS) is 22.0. The monoisotopic (exact) mass is 297 g/mol. The van der Waals surface area contributed by atoms with E-state index in [0.29, 0.717) is 24.7 Å². The number of aliphatic carboxylic acids is 1. The zero-order valence-electron chi connectivity index (χ0n) is 14.0. The van der Waals surface area contributed by atoms with Crippen molar-refractivity contribution in [2.45, 2.75) is 59.8 Å². The number of amides is 1. The molecule has 0 radical (unpaired) electrons. The second kappa shape index (κ2) is 8.40. The molecule has 0 bridgehead atoms. The first kappa shape index (κ1) is 18.0. The maximum atomic E-state index is 12.7. The van der Waals surface area contributed by atoms with Crippen LogP contribution in [0.5, 0.6) is 0 Å². The highest BCUT2D eigenvalue weighted by Gasteiger charge is 2.35. The maximum absolute atomic E-state index is 12.7. The van der Waals surface area contributed by atoms with Crippen LogP contribution in [0.2, 0.25) is 0 Å². The molecule has 4 nitrogen and oxygen atoms in total. The lowest BCUT2D eigenvalue weighted by atomic mass is 10.0. The highest BCUT2D eigenvalue weighted by Crippen LogP contribution is 2.32. The van der Waals surface area contributed by atoms with E-state index >= 15 is 0 Å². The van der Waals surface area contributed by atoms with Crippen LogP contribution in [0, 0.1) is 23.7 Å². The van der Waals surface area contributed by atoms with Crippen molar-refractivity contribution in [3.05, 3.63) is 0 Å². The second-order valence-corrected chi connectivity index (χ2v) is 7.24. The van der Waals surface area contributed by atoms with Crippen LogP contribution in [0.25, 0.3) is 0 Å². The average molecular weight is 297 g/mol. The Kier molecular flexibility index (Phi) is 7.20. The molecule has 1 aliphatic carbocycles. The molecule has 122 valence electrons. The Hall–Kier alpha value is -1.06. The molecule has 1 N–H and O–H groups in total. The van der Waals surface area contributed by atoms with Crippen LogP contribution in [0.4, 0.5) is 0 Å². The predicted octanol–water partition coefficient (Wildman–Crippen LogP) is 3.41. The quantitative estimate of drug-likeness (QED) is 0.747. The molecule has 1 aliphatic rings. The Bertz CT molecular complexity index is 340. The number of rotatable bonds is 8. The summed E-state index contributed by atoms with van der Waals surface area (Å²) in [7, 11) is 0. The van der Waals surface area contributed by atoms with Crippen molar-refractivity contribution in [1.29, 1.82) is 0 Å². The number of hydrogen-bond acceptors (Lipinski definition) is 2. The summed E-state index contributed by atoms with van der Waals surface area (Å²) in [4.78, 5) is 25.7. The minimum Gasteiger partial charge on any atom is -0.481 e. The van der Waals surface area contributed by atoms with Gasteiger partial charge in [0.15, 0.2) is 0 Å². The first-order valence-electron chi connectivity index (χ1n) is 8.32. The summed E-state index contributed by atoms with van der Waals surface area (Å²) >= 11 is 0. The van der Waals surface area contributed by atoms with Crippen molar-refractivity contribution in [2.75, 3.05) is 13.1 Å². The first-order valence-corrected chi connectivity index (χ1v) is 8.32. The molecule has 2 atom stereocenters. The number of carbonyl (C=O) groups is 2. The number of carboxylic acids is 1. The SMILES string of the molecule is CC(C)CCN(CCC(C)C)C(=O)C1CCC(C(=O)O)C1. The molecule has 0 aliphatic heterocycles. The Morgan fingerprint density at radius 2 is 1.48 bits per heavy atom. The largest absolute Gasteiger partial charge is 0.481 e. The Labute approximate surface area is 128 Å². The van der Waals surface area contributed by atoms with Crippen LogP contribution < -0.4 is 0 Å². The average Bonchev–Trinajstić information content (AvgIpc) is 2.87. The van der Waals surface area contributed by atoms with E-state index in [-0.39, 0.29) is 17.7 Å². The molecule has 0 aromatic heterocycles. The van der Waals surface area contributed by atoms with Crippen molar-refractivity contribution < 1.29 is 14.7 Å². The predicted molar refractivity (Wildman–Crippen MR) is 84.0 cm³/mol. The Morgan fingerprint density at radius 3 is 1.86 bits per heavy atom. The van der Waals surface area contributed by atoms with Gasteiger partial charge in [-0.15, -0.1) is 0 Å². The molecule has 0 heterocycles. The van der Waals surface area contributed by atoms with Crippen molar-refractivity contribution >= 4 is 11.9 Å². The molecule has 21 heavy (non-hydrogen) atoms. The van der Waals surface area contributed by atoms with Crippen LogP contribution in [0.3, 0.4) is 0 Å². The summed E-state index contributed by atoms with van der Waals surface area (Å²) in [6.07, 6.45) is 3.93. The van der Waals surface area contributed by atoms with Gasteiger partial charge in [-0.2, -0.15) is 0 Å². The third-order valence-electron chi connectivity index (χ3n) is 4.40. The van der Waals surface area contributed by atoms with Gasteiger partial charge < -0.3 is 10.0 Å². The number of carbonyl (C=O) groups excluding carboxylic acids is 1. The molecular weight excluding hydrogens is 266 g/mol. The van der Waals surface area contributed by atoms with Gasteiger partial charge in [0, 0.05) is 19.0 Å². The highest BCUT2D eigenvalue weighted by molar-refractivity contribution is 5.81. The lowest BCUT2D eigenvalue weighted by molar-refractivity contribution is -0.141. The fraction of sp³-hybridized carbons (Fsp3) is 0.882. The van der Waals surface area contributed by atoms with Gasteiger partial charge in [0.05, 0.1) is 5.92 Å². The number of carboxylic acid groups (broad SMARTS) is 1. The van der Waals surface area contributed by atoms with E-state index in [4.69, 9.17) is 5.11 Å². The van der Waals surface area contributed by atoms with E-state index in [2.05, 4.69) is 27.7 Å². The molecule has 1 amide bonds. The smallest absolute Gasteiger partial charge is 0.306 e. The van der Waals surface area contributed by atoms with Gasteiger partial charge in [-0.25, -0.2) is 0 Å². The molecule has 0 saturated heterocycles. The van der Waals surface area contributed by atoms with Crippen LogP contribution in [-0.4, -0.2) is 35.0 Å². The lowest BCUT2D eigenvalue weighted by Gasteiger charge is -2.27. The Balaban J connectivity index is 2.59. The molecule has 4 heteroatoms. The molecular formula is C17H31NO3. The molecule has 1 fully saturated rings. The van der Waals surface area contributed by atoms with Gasteiger partial charge in [0.1, 0.15) is 0 Å². The van der Waals surface area contributed by atoms with E-state index in [1.807, 2.05) is 4.90 Å². The van der Waals surface area contributed by atoms with Crippen LogP contribution in [-0.2, 0) is 9.59 Å². The van der Waals surface area contributed by atoms with E-state index in [9.17, 15) is 9.59 Å². The minimum atomic E-state index is -0.749. The summed E-state index contributed by atoms with van der Waals surface area (Å²) < 4.78 is 0. The molecule has 0 aromatic rings. The van der Waals surface area contributed by atoms with E-state index in [0.717, 1.165) is 32.4 Å². The Morgan fingerprint density at radius 1 is 1.00 bits per heavy atom. The second-order valence-electron chi connectivity index (χ2n) is 7.24. The maximum Gasteiger partial charge on any atom is 0.306 e. The van der Waals surface area contributed by atoms with Gasteiger partial charge >= 0.3 is 5.97 Å². The minimum absolute atomic E-state index is 0.0783. The van der Waals surface area contributed by atoms with Gasteiger partial charge in [-0.05, 0) is 43.9 Å². The molecule has 1 rings (SSSR count). The van der Waals surface area contributed by atoms with E-state index < -0.39 is 5.97 Å². The fourth-order valence-corrected chi connectivity index (χ4v) is 2.85. The number of hydrogen-bond donors (Lipinski definition) is 1. The van der Waals surface area contributed by atoms with Crippen molar-refractivity contribution in [1.82, 2.24) is 4.90 Å². The summed E-state index contributed by atoms with van der Waals surface area (Å²) in [5, 5.41) is 9.08. The lowest BCUT2D eigenvalue weighted by Crippen LogP contribution is -2.38. The summed E-state index contributed by atoms with van der Waals surface area (Å²) in [6.45, 7) is 10.3. The van der Waals surface area contributed by atoms with Crippen molar-refractivity contribution in [2.24, 2.45) is 23.7 Å². The fourth-order valence-electron chi connectivity index (χ4n) is 2.85. The molecule has 2 unspecified atom stereocenters. The first-order chi connectivity index (χ1) is 9.81. The van der Waals surface area contributed by atoms with Gasteiger partial charge in [0.25, 0.3) is 0 Å². The van der Waals surface area contributed by atoms with Crippen molar-refractivity contribution in [3.8, 4) is 0 Å². The topological polar surface area (TPSA) is 57.6 Å². The summed E-state index contributed by atoms with van der Waals surface area (Å²) in [6, 6.07) is 0. The zero-order valence-corrected chi connectivity index (χ0v) is 14.0. The number of nitrogens with zero attached hydrogens (tertiary/aromatic N) is 1.